The van der Waals surface area contributed by atoms with E-state index in [0.717, 1.165) is 22.0 Å². The van der Waals surface area contributed by atoms with Crippen LogP contribution in [-0.2, 0) is 11.3 Å². The molecular weight excluding hydrogens is 366 g/mol. The van der Waals surface area contributed by atoms with E-state index in [1.165, 1.54) is 6.92 Å². The highest BCUT2D eigenvalue weighted by Gasteiger charge is 2.11. The SMILES string of the molecule is CC(=O)Cn1cc2cc(NC(=O)c3cccc(-c4cncc(C)c4)n3)ccc2n1. The van der Waals surface area contributed by atoms with Crippen LogP contribution in [-0.4, -0.2) is 31.4 Å². The maximum atomic E-state index is 12.7. The number of carbonyl (C=O) groups excluding carboxylic acids is 2. The number of nitrogens with zero attached hydrogens (tertiary/aromatic N) is 4. The van der Waals surface area contributed by atoms with E-state index >= 15 is 0 Å². The highest BCUT2D eigenvalue weighted by atomic mass is 16.2. The maximum Gasteiger partial charge on any atom is 0.274 e. The van der Waals surface area contributed by atoms with E-state index in [1.54, 1.807) is 41.5 Å². The van der Waals surface area contributed by atoms with Crippen LogP contribution in [0.2, 0.25) is 0 Å². The Balaban J connectivity index is 1.56. The van der Waals surface area contributed by atoms with Gasteiger partial charge in [-0.05, 0) is 55.8 Å². The monoisotopic (exact) mass is 385 g/mol. The molecule has 4 rings (SSSR count). The molecule has 3 heterocycles. The van der Waals surface area contributed by atoms with Gasteiger partial charge in [-0.25, -0.2) is 4.98 Å². The molecule has 4 aromatic rings. The average Bonchev–Trinajstić information content (AvgIpc) is 3.08. The first-order valence-corrected chi connectivity index (χ1v) is 9.15. The third-order valence-corrected chi connectivity index (χ3v) is 4.35. The molecular formula is C22H19N5O2. The Morgan fingerprint density at radius 2 is 1.97 bits per heavy atom. The van der Waals surface area contributed by atoms with Gasteiger partial charge in [0.05, 0.1) is 17.8 Å². The lowest BCUT2D eigenvalue weighted by Crippen LogP contribution is -2.13. The Hall–Kier alpha value is -3.87. The summed E-state index contributed by atoms with van der Waals surface area (Å²) in [5.41, 5.74) is 4.29. The molecule has 29 heavy (non-hydrogen) atoms. The molecule has 0 atom stereocenters. The zero-order valence-electron chi connectivity index (χ0n) is 16.1. The van der Waals surface area contributed by atoms with Crippen molar-refractivity contribution in [1.29, 1.82) is 0 Å². The molecule has 0 aliphatic carbocycles. The predicted molar refractivity (Wildman–Crippen MR) is 111 cm³/mol. The van der Waals surface area contributed by atoms with Crippen molar-refractivity contribution in [2.24, 2.45) is 0 Å². The minimum absolute atomic E-state index is 0.0288. The molecule has 0 radical (unpaired) electrons. The number of aryl methyl sites for hydroxylation is 1. The van der Waals surface area contributed by atoms with Crippen molar-refractivity contribution in [3.05, 3.63) is 72.3 Å². The van der Waals surface area contributed by atoms with Crippen LogP contribution in [0.15, 0.2) is 61.1 Å². The zero-order valence-corrected chi connectivity index (χ0v) is 16.1. The quantitative estimate of drug-likeness (QED) is 0.566. The first-order chi connectivity index (χ1) is 14.0. The molecule has 0 fully saturated rings. The van der Waals surface area contributed by atoms with Crippen molar-refractivity contribution in [3.63, 3.8) is 0 Å². The lowest BCUT2D eigenvalue weighted by molar-refractivity contribution is -0.117. The van der Waals surface area contributed by atoms with Crippen LogP contribution in [0.3, 0.4) is 0 Å². The fourth-order valence-corrected chi connectivity index (χ4v) is 3.08. The van der Waals surface area contributed by atoms with Crippen LogP contribution >= 0.6 is 0 Å². The molecule has 0 saturated heterocycles. The number of rotatable bonds is 5. The van der Waals surface area contributed by atoms with E-state index in [0.29, 0.717) is 17.1 Å². The molecule has 144 valence electrons. The number of amides is 1. The molecule has 0 bridgehead atoms. The third-order valence-electron chi connectivity index (χ3n) is 4.35. The number of anilines is 1. The van der Waals surface area contributed by atoms with Crippen molar-refractivity contribution in [2.45, 2.75) is 20.4 Å². The standard InChI is InChI=1S/C22H19N5O2/c1-14-8-16(11-23-10-14)19-4-3-5-21(25-19)22(29)24-18-6-7-20-17(9-18)13-27(26-20)12-15(2)28/h3-11,13H,12H2,1-2H3,(H,24,29). The summed E-state index contributed by atoms with van der Waals surface area (Å²) >= 11 is 0. The van der Waals surface area contributed by atoms with Gasteiger partial charge in [0, 0.05) is 35.2 Å². The fraction of sp³-hybridized carbons (Fsp3) is 0.136. The van der Waals surface area contributed by atoms with Gasteiger partial charge < -0.3 is 5.32 Å². The van der Waals surface area contributed by atoms with Crippen molar-refractivity contribution in [3.8, 4) is 11.3 Å². The normalized spacial score (nSPS) is 10.8. The summed E-state index contributed by atoms with van der Waals surface area (Å²) in [5, 5.41) is 8.06. The molecule has 0 spiro atoms. The van der Waals surface area contributed by atoms with Gasteiger partial charge in [-0.15, -0.1) is 0 Å². The van der Waals surface area contributed by atoms with Gasteiger partial charge in [0.15, 0.2) is 5.78 Å². The summed E-state index contributed by atoms with van der Waals surface area (Å²) in [6, 6.07) is 12.7. The van der Waals surface area contributed by atoms with Gasteiger partial charge in [0.25, 0.3) is 5.91 Å². The number of nitrogens with one attached hydrogen (secondary N) is 1. The van der Waals surface area contributed by atoms with E-state index in [9.17, 15) is 9.59 Å². The van der Waals surface area contributed by atoms with Gasteiger partial charge in [-0.1, -0.05) is 6.07 Å². The largest absolute Gasteiger partial charge is 0.321 e. The molecule has 3 aromatic heterocycles. The Bertz CT molecular complexity index is 1230. The number of carbonyl (C=O) groups is 2. The number of benzene rings is 1. The van der Waals surface area contributed by atoms with Gasteiger partial charge in [-0.2, -0.15) is 5.10 Å². The maximum absolute atomic E-state index is 12.7. The first kappa shape index (κ1) is 18.5. The number of hydrogen-bond acceptors (Lipinski definition) is 5. The van der Waals surface area contributed by atoms with E-state index in [2.05, 4.69) is 20.4 Å². The Labute approximate surface area is 167 Å². The summed E-state index contributed by atoms with van der Waals surface area (Å²) in [6.45, 7) is 3.70. The predicted octanol–water partition coefficient (Wildman–Crippen LogP) is 3.64. The molecule has 1 aromatic carbocycles. The van der Waals surface area contributed by atoms with Gasteiger partial charge in [-0.3, -0.25) is 19.3 Å². The van der Waals surface area contributed by atoms with E-state index < -0.39 is 0 Å². The van der Waals surface area contributed by atoms with E-state index in [1.807, 2.05) is 31.2 Å². The topological polar surface area (TPSA) is 89.8 Å². The number of Topliss-reactive ketones (excluding diaryl/α,β-unsaturated/α-hetero) is 1. The lowest BCUT2D eigenvalue weighted by Gasteiger charge is -2.07. The summed E-state index contributed by atoms with van der Waals surface area (Å²) in [6.07, 6.45) is 5.29. The second-order valence-electron chi connectivity index (χ2n) is 6.92. The average molecular weight is 385 g/mol. The molecule has 7 nitrogen and oxygen atoms in total. The Morgan fingerprint density at radius 3 is 2.76 bits per heavy atom. The van der Waals surface area contributed by atoms with Crippen molar-refractivity contribution in [1.82, 2.24) is 19.7 Å². The second-order valence-corrected chi connectivity index (χ2v) is 6.92. The molecule has 0 aliphatic heterocycles. The lowest BCUT2D eigenvalue weighted by atomic mass is 10.1. The van der Waals surface area contributed by atoms with Crippen molar-refractivity contribution in [2.75, 3.05) is 5.32 Å². The summed E-state index contributed by atoms with van der Waals surface area (Å²) in [4.78, 5) is 32.6. The van der Waals surface area contributed by atoms with E-state index in [4.69, 9.17) is 0 Å². The number of ketones is 1. The highest BCUT2D eigenvalue weighted by molar-refractivity contribution is 6.04. The number of fused-ring (bicyclic) bond motifs is 1. The van der Waals surface area contributed by atoms with Gasteiger partial charge in [0.1, 0.15) is 5.69 Å². The van der Waals surface area contributed by atoms with Gasteiger partial charge in [0.2, 0.25) is 0 Å². The minimum Gasteiger partial charge on any atom is -0.321 e. The van der Waals surface area contributed by atoms with Crippen LogP contribution in [0.4, 0.5) is 5.69 Å². The van der Waals surface area contributed by atoms with Crippen LogP contribution in [0, 0.1) is 6.92 Å². The molecule has 0 unspecified atom stereocenters. The summed E-state index contributed by atoms with van der Waals surface area (Å²) in [7, 11) is 0. The van der Waals surface area contributed by atoms with E-state index in [-0.39, 0.29) is 18.2 Å². The zero-order chi connectivity index (χ0) is 20.4. The molecule has 7 heteroatoms. The molecule has 1 amide bonds. The van der Waals surface area contributed by atoms with Crippen LogP contribution in [0.1, 0.15) is 23.0 Å². The summed E-state index contributed by atoms with van der Waals surface area (Å²) < 4.78 is 1.60. The van der Waals surface area contributed by atoms with Crippen molar-refractivity contribution >= 4 is 28.3 Å². The third kappa shape index (κ3) is 4.19. The number of hydrogen-bond donors (Lipinski definition) is 1. The molecule has 1 N–H and O–H groups in total. The van der Waals surface area contributed by atoms with Crippen LogP contribution in [0.25, 0.3) is 22.2 Å². The van der Waals surface area contributed by atoms with Crippen LogP contribution in [0.5, 0.6) is 0 Å². The molecule has 0 aliphatic rings. The Morgan fingerprint density at radius 1 is 1.10 bits per heavy atom. The smallest absolute Gasteiger partial charge is 0.274 e. The second kappa shape index (κ2) is 7.63. The van der Waals surface area contributed by atoms with Crippen LogP contribution < -0.4 is 5.32 Å². The fourth-order valence-electron chi connectivity index (χ4n) is 3.08. The number of aromatic nitrogens is 4. The van der Waals surface area contributed by atoms with Crippen molar-refractivity contribution < 1.29 is 9.59 Å². The highest BCUT2D eigenvalue weighted by Crippen LogP contribution is 2.20. The minimum atomic E-state index is -0.303. The summed E-state index contributed by atoms with van der Waals surface area (Å²) in [5.74, 6) is -0.274. The van der Waals surface area contributed by atoms with Gasteiger partial charge >= 0.3 is 0 Å². The molecule has 0 saturated carbocycles. The number of pyridine rings is 2. The Kier molecular flexibility index (Phi) is 4.87. The first-order valence-electron chi connectivity index (χ1n) is 9.15.